The van der Waals surface area contributed by atoms with Gasteiger partial charge in [0.05, 0.1) is 0 Å². The van der Waals surface area contributed by atoms with Crippen molar-refractivity contribution in [3.8, 4) is 0 Å². The van der Waals surface area contributed by atoms with Crippen LogP contribution in [0.5, 0.6) is 0 Å². The van der Waals surface area contributed by atoms with Crippen molar-refractivity contribution in [1.82, 2.24) is 4.90 Å². The molecule has 20 heavy (non-hydrogen) atoms. The number of amides is 1. The van der Waals surface area contributed by atoms with Gasteiger partial charge in [0, 0.05) is 25.0 Å². The molecule has 1 aliphatic heterocycles. The average molecular weight is 303 g/mol. The van der Waals surface area contributed by atoms with Crippen LogP contribution in [-0.4, -0.2) is 29.9 Å². The third-order valence-corrected chi connectivity index (χ3v) is 5.29. The van der Waals surface area contributed by atoms with Crippen LogP contribution in [0.1, 0.15) is 58.8 Å². The summed E-state index contributed by atoms with van der Waals surface area (Å²) in [4.78, 5) is 14.7. The fraction of sp³-hybridized carbons (Fsp3) is 0.938. The number of nitrogens with zero attached hydrogens (tertiary/aromatic N) is 1. The summed E-state index contributed by atoms with van der Waals surface area (Å²) in [6, 6.07) is 0.214. The van der Waals surface area contributed by atoms with Gasteiger partial charge in [-0.05, 0) is 57.3 Å². The molecular weight excluding hydrogens is 272 g/mol. The molecule has 1 aliphatic carbocycles. The minimum atomic E-state index is 0. The van der Waals surface area contributed by atoms with Gasteiger partial charge in [0.15, 0.2) is 0 Å². The highest BCUT2D eigenvalue weighted by atomic mass is 35.5. The van der Waals surface area contributed by atoms with Crippen LogP contribution in [0.2, 0.25) is 0 Å². The lowest BCUT2D eigenvalue weighted by Crippen LogP contribution is -2.47. The molecule has 4 heteroatoms. The Morgan fingerprint density at radius 3 is 2.45 bits per heavy atom. The van der Waals surface area contributed by atoms with Gasteiger partial charge in [0.1, 0.15) is 0 Å². The Labute approximate surface area is 130 Å². The second-order valence-electron chi connectivity index (χ2n) is 6.67. The zero-order valence-corrected chi connectivity index (χ0v) is 13.8. The molecule has 2 fully saturated rings. The van der Waals surface area contributed by atoms with Gasteiger partial charge < -0.3 is 10.6 Å². The molecule has 0 spiro atoms. The van der Waals surface area contributed by atoms with E-state index in [4.69, 9.17) is 5.73 Å². The summed E-state index contributed by atoms with van der Waals surface area (Å²) in [6.45, 7) is 6.19. The number of likely N-dealkylation sites (tertiary alicyclic amines) is 1. The van der Waals surface area contributed by atoms with E-state index >= 15 is 0 Å². The van der Waals surface area contributed by atoms with Crippen molar-refractivity contribution in [2.24, 2.45) is 23.5 Å². The van der Waals surface area contributed by atoms with Crippen LogP contribution < -0.4 is 5.73 Å². The van der Waals surface area contributed by atoms with Gasteiger partial charge in [-0.15, -0.1) is 12.4 Å². The maximum absolute atomic E-state index is 12.6. The van der Waals surface area contributed by atoms with Crippen LogP contribution in [0, 0.1) is 17.8 Å². The Morgan fingerprint density at radius 1 is 1.25 bits per heavy atom. The summed E-state index contributed by atoms with van der Waals surface area (Å²) in [7, 11) is 0. The molecule has 1 saturated carbocycles. The van der Waals surface area contributed by atoms with Gasteiger partial charge in [-0.1, -0.05) is 13.3 Å². The average Bonchev–Trinajstić information content (AvgIpc) is 2.46. The number of halogens is 1. The largest absolute Gasteiger partial charge is 0.342 e. The first-order valence-electron chi connectivity index (χ1n) is 8.16. The van der Waals surface area contributed by atoms with Crippen LogP contribution >= 0.6 is 12.4 Å². The monoisotopic (exact) mass is 302 g/mol. The van der Waals surface area contributed by atoms with Crippen molar-refractivity contribution in [1.29, 1.82) is 0 Å². The fourth-order valence-electron chi connectivity index (χ4n) is 3.72. The van der Waals surface area contributed by atoms with E-state index in [-0.39, 0.29) is 18.4 Å². The highest BCUT2D eigenvalue weighted by Gasteiger charge is 2.32. The lowest BCUT2D eigenvalue weighted by atomic mass is 9.80. The highest BCUT2D eigenvalue weighted by Crippen LogP contribution is 2.32. The molecule has 0 radical (unpaired) electrons. The van der Waals surface area contributed by atoms with Crippen molar-refractivity contribution < 1.29 is 4.79 Å². The van der Waals surface area contributed by atoms with E-state index < -0.39 is 0 Å². The van der Waals surface area contributed by atoms with Gasteiger partial charge in [-0.3, -0.25) is 4.79 Å². The standard InChI is InChI=1S/C16H30N2O.ClH/c1-3-13-6-8-14(9-7-13)16(19)18-10-4-5-15(11-18)12(2)17;/h12-15H,3-11,17H2,1-2H3;1H. The summed E-state index contributed by atoms with van der Waals surface area (Å²) in [5, 5.41) is 0. The van der Waals surface area contributed by atoms with Gasteiger partial charge >= 0.3 is 0 Å². The predicted molar refractivity (Wildman–Crippen MR) is 85.9 cm³/mol. The summed E-state index contributed by atoms with van der Waals surface area (Å²) in [5.41, 5.74) is 6.01. The molecule has 2 atom stereocenters. The summed E-state index contributed by atoms with van der Waals surface area (Å²) in [6.07, 6.45) is 8.30. The van der Waals surface area contributed by atoms with E-state index in [0.29, 0.717) is 17.7 Å². The molecule has 0 aromatic rings. The zero-order valence-electron chi connectivity index (χ0n) is 13.0. The number of hydrogen-bond donors (Lipinski definition) is 1. The maximum Gasteiger partial charge on any atom is 0.225 e. The quantitative estimate of drug-likeness (QED) is 0.870. The summed E-state index contributed by atoms with van der Waals surface area (Å²) >= 11 is 0. The number of nitrogens with two attached hydrogens (primary N) is 1. The number of piperidine rings is 1. The van der Waals surface area contributed by atoms with Crippen LogP contribution in [0.25, 0.3) is 0 Å². The van der Waals surface area contributed by atoms with E-state index in [2.05, 4.69) is 18.7 Å². The molecule has 2 unspecified atom stereocenters. The Kier molecular flexibility index (Phi) is 7.32. The van der Waals surface area contributed by atoms with Crippen LogP contribution in [0.15, 0.2) is 0 Å². The lowest BCUT2D eigenvalue weighted by Gasteiger charge is -2.38. The fourth-order valence-corrected chi connectivity index (χ4v) is 3.72. The maximum atomic E-state index is 12.6. The van der Waals surface area contributed by atoms with Crippen molar-refractivity contribution >= 4 is 18.3 Å². The number of hydrogen-bond acceptors (Lipinski definition) is 2. The van der Waals surface area contributed by atoms with Crippen molar-refractivity contribution in [3.05, 3.63) is 0 Å². The molecule has 3 nitrogen and oxygen atoms in total. The minimum absolute atomic E-state index is 0. The van der Waals surface area contributed by atoms with Gasteiger partial charge in [-0.25, -0.2) is 0 Å². The number of carbonyl (C=O) groups is 1. The van der Waals surface area contributed by atoms with Gasteiger partial charge in [0.25, 0.3) is 0 Å². The van der Waals surface area contributed by atoms with Crippen molar-refractivity contribution in [2.75, 3.05) is 13.1 Å². The Morgan fingerprint density at radius 2 is 1.90 bits per heavy atom. The first kappa shape index (κ1) is 17.8. The third kappa shape index (κ3) is 4.36. The van der Waals surface area contributed by atoms with E-state index in [1.807, 2.05) is 0 Å². The Hall–Kier alpha value is -0.280. The first-order chi connectivity index (χ1) is 9.11. The Balaban J connectivity index is 0.00000200. The molecule has 0 bridgehead atoms. The van der Waals surface area contributed by atoms with E-state index in [0.717, 1.165) is 38.3 Å². The normalized spacial score (nSPS) is 32.4. The molecule has 1 heterocycles. The second kappa shape index (κ2) is 8.23. The molecule has 0 aromatic carbocycles. The molecule has 2 aliphatic rings. The SMILES string of the molecule is CCC1CCC(C(=O)N2CCCC(C(C)N)C2)CC1.Cl. The third-order valence-electron chi connectivity index (χ3n) is 5.29. The topological polar surface area (TPSA) is 46.3 Å². The smallest absolute Gasteiger partial charge is 0.225 e. The number of carbonyl (C=O) groups excluding carboxylic acids is 1. The molecule has 2 rings (SSSR count). The number of rotatable bonds is 3. The van der Waals surface area contributed by atoms with Crippen LogP contribution in [0.3, 0.4) is 0 Å². The van der Waals surface area contributed by atoms with Crippen molar-refractivity contribution in [3.63, 3.8) is 0 Å². The second-order valence-corrected chi connectivity index (χ2v) is 6.67. The van der Waals surface area contributed by atoms with E-state index in [1.54, 1.807) is 0 Å². The molecular formula is C16H31ClN2O. The summed E-state index contributed by atoms with van der Waals surface area (Å²) in [5.74, 6) is 2.08. The van der Waals surface area contributed by atoms with Gasteiger partial charge in [-0.2, -0.15) is 0 Å². The molecule has 0 aromatic heterocycles. The Bertz CT molecular complexity index is 301. The van der Waals surface area contributed by atoms with Crippen LogP contribution in [0.4, 0.5) is 0 Å². The molecule has 1 saturated heterocycles. The molecule has 2 N–H and O–H groups in total. The predicted octanol–water partition coefficient (Wildman–Crippen LogP) is 3.21. The van der Waals surface area contributed by atoms with Gasteiger partial charge in [0.2, 0.25) is 5.91 Å². The molecule has 1 amide bonds. The molecule has 118 valence electrons. The first-order valence-corrected chi connectivity index (χ1v) is 8.16. The minimum Gasteiger partial charge on any atom is -0.342 e. The summed E-state index contributed by atoms with van der Waals surface area (Å²) < 4.78 is 0. The lowest BCUT2D eigenvalue weighted by molar-refractivity contribution is -0.138. The van der Waals surface area contributed by atoms with E-state index in [9.17, 15) is 4.79 Å². The van der Waals surface area contributed by atoms with Crippen LogP contribution in [-0.2, 0) is 4.79 Å². The van der Waals surface area contributed by atoms with Crippen molar-refractivity contribution in [2.45, 2.75) is 64.8 Å². The zero-order chi connectivity index (χ0) is 13.8. The van der Waals surface area contributed by atoms with E-state index in [1.165, 1.54) is 25.7 Å². The highest BCUT2D eigenvalue weighted by molar-refractivity contribution is 5.85.